The predicted molar refractivity (Wildman–Crippen MR) is 84.6 cm³/mol. The van der Waals surface area contributed by atoms with Gasteiger partial charge in [-0.1, -0.05) is 29.8 Å². The van der Waals surface area contributed by atoms with Crippen molar-refractivity contribution < 1.29 is 9.13 Å². The molecule has 0 aliphatic heterocycles. The lowest BCUT2D eigenvalue weighted by Gasteiger charge is -2.13. The summed E-state index contributed by atoms with van der Waals surface area (Å²) >= 11 is 6.25. The minimum atomic E-state index is -0.907. The topological polar surface area (TPSA) is 111 Å². The van der Waals surface area contributed by atoms with Crippen molar-refractivity contribution in [2.24, 2.45) is 0 Å². The van der Waals surface area contributed by atoms with Gasteiger partial charge in [0.05, 0.1) is 5.39 Å². The van der Waals surface area contributed by atoms with Gasteiger partial charge in [-0.2, -0.15) is 10.2 Å². The highest BCUT2D eigenvalue weighted by atomic mass is 35.5. The molecule has 1 heterocycles. The van der Waals surface area contributed by atoms with Crippen molar-refractivity contribution in [3.63, 3.8) is 0 Å². The van der Waals surface area contributed by atoms with Gasteiger partial charge in [0.2, 0.25) is 5.95 Å². The molecule has 0 saturated carbocycles. The van der Waals surface area contributed by atoms with E-state index in [1.54, 1.807) is 36.4 Å². The summed E-state index contributed by atoms with van der Waals surface area (Å²) in [5, 5.41) is 9.04. The van der Waals surface area contributed by atoms with Gasteiger partial charge in [-0.3, -0.25) is 0 Å². The maximum atomic E-state index is 14.6. The Bertz CT molecular complexity index is 956. The van der Waals surface area contributed by atoms with Crippen molar-refractivity contribution in [1.82, 2.24) is 9.97 Å². The molecule has 3 aromatic rings. The van der Waals surface area contributed by atoms with E-state index in [9.17, 15) is 9.65 Å². The zero-order valence-electron chi connectivity index (χ0n) is 11.5. The number of nitrogens with two attached hydrogens (primary N) is 2. The third-order valence-electron chi connectivity index (χ3n) is 3.10. The molecule has 0 spiro atoms. The quantitative estimate of drug-likeness (QED) is 0.746. The molecule has 3 rings (SSSR count). The van der Waals surface area contributed by atoms with Gasteiger partial charge in [0, 0.05) is 0 Å². The van der Waals surface area contributed by atoms with Crippen molar-refractivity contribution in [2.75, 3.05) is 11.5 Å². The molecule has 0 aliphatic rings. The van der Waals surface area contributed by atoms with Crippen molar-refractivity contribution in [3.05, 3.63) is 46.7 Å². The molecule has 0 amide bonds. The minimum Gasteiger partial charge on any atom is -0.454 e. The van der Waals surface area contributed by atoms with Gasteiger partial charge in [0.25, 0.3) is 0 Å². The summed E-state index contributed by atoms with van der Waals surface area (Å²) in [6, 6.07) is 10.3. The molecule has 23 heavy (non-hydrogen) atoms. The minimum absolute atomic E-state index is 0.0147. The first-order chi connectivity index (χ1) is 11.0. The zero-order valence-corrected chi connectivity index (χ0v) is 12.3. The Hall–Kier alpha value is -3.11. The van der Waals surface area contributed by atoms with Crippen LogP contribution in [0.15, 0.2) is 30.3 Å². The van der Waals surface area contributed by atoms with E-state index in [2.05, 4.69) is 9.97 Å². The van der Waals surface area contributed by atoms with Gasteiger partial charge in [-0.05, 0) is 12.1 Å². The molecular formula is C15H9ClFN5O. The number of rotatable bonds is 2. The summed E-state index contributed by atoms with van der Waals surface area (Å²) in [4.78, 5) is 7.59. The molecule has 0 atom stereocenters. The fourth-order valence-corrected chi connectivity index (χ4v) is 2.39. The molecule has 8 heteroatoms. The van der Waals surface area contributed by atoms with Crippen LogP contribution in [0.25, 0.3) is 10.9 Å². The molecule has 0 fully saturated rings. The van der Waals surface area contributed by atoms with E-state index >= 15 is 0 Å². The number of hydrogen-bond donors (Lipinski definition) is 2. The second-order valence-electron chi connectivity index (χ2n) is 4.55. The largest absolute Gasteiger partial charge is 0.454 e. The van der Waals surface area contributed by atoms with Gasteiger partial charge >= 0.3 is 0 Å². The van der Waals surface area contributed by atoms with Crippen molar-refractivity contribution in [1.29, 1.82) is 5.26 Å². The summed E-state index contributed by atoms with van der Waals surface area (Å²) in [5.41, 5.74) is 10.8. The van der Waals surface area contributed by atoms with Crippen LogP contribution in [0.5, 0.6) is 11.5 Å². The van der Waals surface area contributed by atoms with E-state index in [0.29, 0.717) is 5.75 Å². The SMILES string of the molecule is N#Cc1c(Oc2ccccc2)c(Cl)c2nc(N)nc(N)c2c1F. The van der Waals surface area contributed by atoms with Crippen LogP contribution >= 0.6 is 11.6 Å². The van der Waals surface area contributed by atoms with Crippen LogP contribution in [0.3, 0.4) is 0 Å². The highest BCUT2D eigenvalue weighted by Gasteiger charge is 2.24. The first kappa shape index (κ1) is 14.8. The predicted octanol–water partition coefficient (Wildman–Crippen LogP) is 3.25. The van der Waals surface area contributed by atoms with Crippen molar-refractivity contribution >= 4 is 34.3 Å². The normalized spacial score (nSPS) is 10.5. The second kappa shape index (κ2) is 5.59. The highest BCUT2D eigenvalue weighted by Crippen LogP contribution is 2.41. The monoisotopic (exact) mass is 329 g/mol. The molecule has 0 aliphatic carbocycles. The van der Waals surface area contributed by atoms with Crippen LogP contribution in [-0.2, 0) is 0 Å². The molecule has 1 aromatic heterocycles. The van der Waals surface area contributed by atoms with E-state index in [4.69, 9.17) is 27.8 Å². The molecule has 0 radical (unpaired) electrons. The summed E-state index contributed by atoms with van der Waals surface area (Å²) in [6.07, 6.45) is 0. The summed E-state index contributed by atoms with van der Waals surface area (Å²) in [6.45, 7) is 0. The number of halogens is 2. The number of aromatic nitrogens is 2. The van der Waals surface area contributed by atoms with Gasteiger partial charge in [-0.25, -0.2) is 9.37 Å². The maximum Gasteiger partial charge on any atom is 0.222 e. The number of para-hydroxylation sites is 1. The number of benzene rings is 2. The average Bonchev–Trinajstić information content (AvgIpc) is 2.53. The maximum absolute atomic E-state index is 14.6. The van der Waals surface area contributed by atoms with Crippen LogP contribution in [0.2, 0.25) is 5.02 Å². The standard InChI is InChI=1S/C15H9ClFN5O/c16-10-12-9(14(19)22-15(20)21-12)11(17)8(6-18)13(10)23-7-4-2-1-3-5-7/h1-5H,(H4,19,20,21,22). The van der Waals surface area contributed by atoms with Crippen molar-refractivity contribution in [3.8, 4) is 17.6 Å². The third kappa shape index (κ3) is 2.45. The molecule has 2 aromatic carbocycles. The Morgan fingerprint density at radius 3 is 2.52 bits per heavy atom. The lowest BCUT2D eigenvalue weighted by Crippen LogP contribution is -2.04. The van der Waals surface area contributed by atoms with E-state index < -0.39 is 5.82 Å². The molecule has 0 unspecified atom stereocenters. The molecule has 6 nitrogen and oxygen atoms in total. The molecule has 4 N–H and O–H groups in total. The summed E-state index contributed by atoms with van der Waals surface area (Å²) in [7, 11) is 0. The van der Waals surface area contributed by atoms with Gasteiger partial charge < -0.3 is 16.2 Å². The number of fused-ring (bicyclic) bond motifs is 1. The smallest absolute Gasteiger partial charge is 0.222 e. The van der Waals surface area contributed by atoms with Crippen molar-refractivity contribution in [2.45, 2.75) is 0 Å². The van der Waals surface area contributed by atoms with Gasteiger partial charge in [-0.15, -0.1) is 0 Å². The number of nitrogens with zero attached hydrogens (tertiary/aromatic N) is 3. The summed E-state index contributed by atoms with van der Waals surface area (Å²) < 4.78 is 20.2. The zero-order chi connectivity index (χ0) is 16.6. The van der Waals surface area contributed by atoms with Crippen LogP contribution < -0.4 is 16.2 Å². The lowest BCUT2D eigenvalue weighted by atomic mass is 10.1. The van der Waals surface area contributed by atoms with Crippen LogP contribution in [0, 0.1) is 17.1 Å². The number of ether oxygens (including phenoxy) is 1. The molecule has 0 bridgehead atoms. The average molecular weight is 330 g/mol. The van der Waals surface area contributed by atoms with Gasteiger partial charge in [0.15, 0.2) is 11.6 Å². The Morgan fingerprint density at radius 1 is 1.17 bits per heavy atom. The van der Waals surface area contributed by atoms with Crippen LogP contribution in [0.4, 0.5) is 16.2 Å². The van der Waals surface area contributed by atoms with E-state index in [-0.39, 0.29) is 39.0 Å². The fraction of sp³-hybridized carbons (Fsp3) is 0. The third-order valence-corrected chi connectivity index (χ3v) is 3.45. The van der Waals surface area contributed by atoms with E-state index in [1.165, 1.54) is 0 Å². The summed E-state index contributed by atoms with van der Waals surface area (Å²) in [5.74, 6) is -1.03. The number of nitrogen functional groups attached to an aromatic ring is 2. The Kier molecular flexibility index (Phi) is 3.60. The fourth-order valence-electron chi connectivity index (χ4n) is 2.12. The van der Waals surface area contributed by atoms with Gasteiger partial charge in [0.1, 0.15) is 33.7 Å². The first-order valence-corrected chi connectivity index (χ1v) is 6.77. The molecule has 114 valence electrons. The number of nitriles is 1. The molecule has 0 saturated heterocycles. The molecular weight excluding hydrogens is 321 g/mol. The number of anilines is 2. The van der Waals surface area contributed by atoms with Crippen LogP contribution in [-0.4, -0.2) is 9.97 Å². The Labute approximate surface area is 135 Å². The highest BCUT2D eigenvalue weighted by molar-refractivity contribution is 6.37. The lowest BCUT2D eigenvalue weighted by molar-refractivity contribution is 0.476. The van der Waals surface area contributed by atoms with Crippen LogP contribution in [0.1, 0.15) is 5.56 Å². The first-order valence-electron chi connectivity index (χ1n) is 6.39. The Morgan fingerprint density at radius 2 is 1.87 bits per heavy atom. The van der Waals surface area contributed by atoms with E-state index in [1.807, 2.05) is 0 Å². The van der Waals surface area contributed by atoms with E-state index in [0.717, 1.165) is 0 Å². The Balaban J connectivity index is 2.34. The second-order valence-corrected chi connectivity index (χ2v) is 4.93. The number of hydrogen-bond acceptors (Lipinski definition) is 6.